The van der Waals surface area contributed by atoms with Crippen molar-refractivity contribution < 1.29 is 9.50 Å². The van der Waals surface area contributed by atoms with Gasteiger partial charge in [-0.05, 0) is 30.7 Å². The lowest BCUT2D eigenvalue weighted by Crippen LogP contribution is -2.34. The second-order valence-corrected chi connectivity index (χ2v) is 3.01. The minimum Gasteiger partial charge on any atom is -0.505 e. The number of halogens is 1. The Hall–Kier alpha value is -1.09. The van der Waals surface area contributed by atoms with Gasteiger partial charge in [-0.1, -0.05) is 6.07 Å². The van der Waals surface area contributed by atoms with Crippen molar-refractivity contribution in [3.63, 3.8) is 0 Å². The van der Waals surface area contributed by atoms with E-state index in [9.17, 15) is 4.39 Å². The number of rotatable bonds is 1. The van der Waals surface area contributed by atoms with E-state index in [0.717, 1.165) is 18.5 Å². The predicted octanol–water partition coefficient (Wildman–Crippen LogP) is 1.57. The number of hydrogen-bond donors (Lipinski definition) is 2. The average Bonchev–Trinajstić information content (AvgIpc) is 1.93. The quantitative estimate of drug-likeness (QED) is 0.665. The second kappa shape index (κ2) is 2.75. The van der Waals surface area contributed by atoms with Crippen LogP contribution in [0.1, 0.15) is 18.0 Å². The highest BCUT2D eigenvalue weighted by Crippen LogP contribution is 2.26. The smallest absolute Gasteiger partial charge is 0.165 e. The van der Waals surface area contributed by atoms with Crippen molar-refractivity contribution in [1.29, 1.82) is 0 Å². The normalized spacial score (nSPS) is 21.9. The molecular formula is C9H10FNO. The standard InChI is InChI=1S/C9H10FNO/c10-7-5-6(1-2-9(7)12)8-3-4-11-8/h1-2,5,8,11-12H,3-4H2/t8-/m0/s1. The van der Waals surface area contributed by atoms with Gasteiger partial charge in [0.25, 0.3) is 0 Å². The maximum absolute atomic E-state index is 12.8. The highest BCUT2D eigenvalue weighted by Gasteiger charge is 2.19. The first kappa shape index (κ1) is 7.55. The summed E-state index contributed by atoms with van der Waals surface area (Å²) in [5.41, 5.74) is 0.913. The van der Waals surface area contributed by atoms with Crippen LogP contribution in [0.15, 0.2) is 18.2 Å². The number of benzene rings is 1. The fourth-order valence-electron chi connectivity index (χ4n) is 1.31. The lowest BCUT2D eigenvalue weighted by molar-refractivity contribution is 0.378. The van der Waals surface area contributed by atoms with Crippen LogP contribution >= 0.6 is 0 Å². The van der Waals surface area contributed by atoms with Crippen molar-refractivity contribution in [2.75, 3.05) is 6.54 Å². The molecule has 0 radical (unpaired) electrons. The predicted molar refractivity (Wildman–Crippen MR) is 43.4 cm³/mol. The van der Waals surface area contributed by atoms with Crippen molar-refractivity contribution in [2.24, 2.45) is 0 Å². The third-order valence-electron chi connectivity index (χ3n) is 2.20. The van der Waals surface area contributed by atoms with Crippen molar-refractivity contribution >= 4 is 0 Å². The van der Waals surface area contributed by atoms with Gasteiger partial charge in [0.1, 0.15) is 0 Å². The summed E-state index contributed by atoms with van der Waals surface area (Å²) in [4.78, 5) is 0. The van der Waals surface area contributed by atoms with Crippen molar-refractivity contribution in [3.05, 3.63) is 29.6 Å². The van der Waals surface area contributed by atoms with Gasteiger partial charge in [0, 0.05) is 6.04 Å². The molecule has 1 fully saturated rings. The van der Waals surface area contributed by atoms with E-state index in [0.29, 0.717) is 0 Å². The summed E-state index contributed by atoms with van der Waals surface area (Å²) in [6.45, 7) is 0.993. The van der Waals surface area contributed by atoms with E-state index in [4.69, 9.17) is 5.11 Å². The Labute approximate surface area is 70.0 Å². The molecule has 0 saturated carbocycles. The molecule has 1 saturated heterocycles. The molecule has 1 heterocycles. The molecule has 1 aliphatic heterocycles. The van der Waals surface area contributed by atoms with Crippen molar-refractivity contribution in [1.82, 2.24) is 5.32 Å². The Balaban J connectivity index is 2.27. The molecule has 1 aromatic rings. The van der Waals surface area contributed by atoms with Crippen LogP contribution in [0, 0.1) is 5.82 Å². The van der Waals surface area contributed by atoms with Crippen molar-refractivity contribution in [2.45, 2.75) is 12.5 Å². The van der Waals surface area contributed by atoms with Gasteiger partial charge < -0.3 is 10.4 Å². The summed E-state index contributed by atoms with van der Waals surface area (Å²) in [5, 5.41) is 12.1. The molecule has 0 amide bonds. The fourth-order valence-corrected chi connectivity index (χ4v) is 1.31. The van der Waals surface area contributed by atoms with E-state index in [-0.39, 0.29) is 11.8 Å². The van der Waals surface area contributed by atoms with Gasteiger partial charge in [0.15, 0.2) is 11.6 Å². The summed E-state index contributed by atoms with van der Waals surface area (Å²) in [6, 6.07) is 4.80. The summed E-state index contributed by atoms with van der Waals surface area (Å²) in [7, 11) is 0. The Bertz CT molecular complexity index is 297. The average molecular weight is 167 g/mol. The highest BCUT2D eigenvalue weighted by molar-refractivity contribution is 5.30. The molecule has 1 aliphatic rings. The first-order chi connectivity index (χ1) is 5.77. The van der Waals surface area contributed by atoms with Gasteiger partial charge in [-0.3, -0.25) is 0 Å². The summed E-state index contributed by atoms with van der Waals surface area (Å²) in [6.07, 6.45) is 1.05. The minimum absolute atomic E-state index is 0.278. The lowest BCUT2D eigenvalue weighted by atomic mass is 9.98. The molecule has 0 bridgehead atoms. The van der Waals surface area contributed by atoms with Gasteiger partial charge in [-0.25, -0.2) is 4.39 Å². The number of phenolic OH excluding ortho intramolecular Hbond substituents is 1. The number of aromatic hydroxyl groups is 1. The number of phenols is 1. The van der Waals surface area contributed by atoms with Crippen LogP contribution in [0.5, 0.6) is 5.75 Å². The van der Waals surface area contributed by atoms with Crippen LogP contribution in [0.25, 0.3) is 0 Å². The van der Waals surface area contributed by atoms with E-state index in [1.54, 1.807) is 6.07 Å². The van der Waals surface area contributed by atoms with Crippen LogP contribution in [0.2, 0.25) is 0 Å². The molecular weight excluding hydrogens is 157 g/mol. The molecule has 1 aromatic carbocycles. The SMILES string of the molecule is Oc1ccc([C@@H]2CCN2)cc1F. The molecule has 0 spiro atoms. The zero-order chi connectivity index (χ0) is 8.55. The Morgan fingerprint density at radius 2 is 2.25 bits per heavy atom. The number of nitrogens with one attached hydrogen (secondary N) is 1. The molecule has 3 heteroatoms. The molecule has 12 heavy (non-hydrogen) atoms. The van der Waals surface area contributed by atoms with Crippen LogP contribution in [0.3, 0.4) is 0 Å². The Kier molecular flexibility index (Phi) is 1.73. The maximum atomic E-state index is 12.8. The van der Waals surface area contributed by atoms with Gasteiger partial charge in [0.05, 0.1) is 0 Å². The molecule has 2 rings (SSSR count). The largest absolute Gasteiger partial charge is 0.505 e. The summed E-state index contributed by atoms with van der Waals surface area (Å²) in [5.74, 6) is -0.820. The second-order valence-electron chi connectivity index (χ2n) is 3.01. The Morgan fingerprint density at radius 1 is 1.50 bits per heavy atom. The first-order valence-corrected chi connectivity index (χ1v) is 3.99. The monoisotopic (exact) mass is 167 g/mol. The topological polar surface area (TPSA) is 32.3 Å². The van der Waals surface area contributed by atoms with E-state index >= 15 is 0 Å². The lowest BCUT2D eigenvalue weighted by Gasteiger charge is -2.27. The van der Waals surface area contributed by atoms with Gasteiger partial charge in [-0.15, -0.1) is 0 Å². The zero-order valence-corrected chi connectivity index (χ0v) is 6.55. The molecule has 2 N–H and O–H groups in total. The van der Waals surface area contributed by atoms with Crippen LogP contribution in [0.4, 0.5) is 4.39 Å². The van der Waals surface area contributed by atoms with E-state index in [2.05, 4.69) is 5.32 Å². The molecule has 0 aromatic heterocycles. The summed E-state index contributed by atoms with van der Waals surface area (Å²) >= 11 is 0. The fraction of sp³-hybridized carbons (Fsp3) is 0.333. The molecule has 64 valence electrons. The number of hydrogen-bond acceptors (Lipinski definition) is 2. The summed E-state index contributed by atoms with van der Waals surface area (Å²) < 4.78 is 12.8. The zero-order valence-electron chi connectivity index (χ0n) is 6.55. The maximum Gasteiger partial charge on any atom is 0.165 e. The minimum atomic E-state index is -0.541. The molecule has 0 unspecified atom stereocenters. The third-order valence-corrected chi connectivity index (χ3v) is 2.20. The molecule has 0 aliphatic carbocycles. The molecule has 1 atom stereocenters. The van der Waals surface area contributed by atoms with E-state index in [1.165, 1.54) is 12.1 Å². The third kappa shape index (κ3) is 1.16. The van der Waals surface area contributed by atoms with Crippen LogP contribution in [-0.2, 0) is 0 Å². The first-order valence-electron chi connectivity index (χ1n) is 3.99. The van der Waals surface area contributed by atoms with E-state index in [1.807, 2.05) is 0 Å². The van der Waals surface area contributed by atoms with Crippen molar-refractivity contribution in [3.8, 4) is 5.75 Å². The van der Waals surface area contributed by atoms with Gasteiger partial charge >= 0.3 is 0 Å². The van der Waals surface area contributed by atoms with E-state index < -0.39 is 5.82 Å². The van der Waals surface area contributed by atoms with Crippen LogP contribution < -0.4 is 5.32 Å². The van der Waals surface area contributed by atoms with Crippen LogP contribution in [-0.4, -0.2) is 11.7 Å². The van der Waals surface area contributed by atoms with Gasteiger partial charge in [0.2, 0.25) is 0 Å². The molecule has 2 nitrogen and oxygen atoms in total. The van der Waals surface area contributed by atoms with Gasteiger partial charge in [-0.2, -0.15) is 0 Å². The Morgan fingerprint density at radius 3 is 2.75 bits per heavy atom. The highest BCUT2D eigenvalue weighted by atomic mass is 19.1.